The number of nitrogens with zero attached hydrogens (tertiary/aromatic N) is 1. The first-order valence-corrected chi connectivity index (χ1v) is 9.82. The second-order valence-electron chi connectivity index (χ2n) is 6.86. The van der Waals surface area contributed by atoms with Crippen molar-refractivity contribution in [3.8, 4) is 17.2 Å². The van der Waals surface area contributed by atoms with E-state index >= 15 is 0 Å². The van der Waals surface area contributed by atoms with Crippen molar-refractivity contribution >= 4 is 28.4 Å². The summed E-state index contributed by atoms with van der Waals surface area (Å²) < 4.78 is 11.1. The Morgan fingerprint density at radius 2 is 1.90 bits per heavy atom. The Morgan fingerprint density at radius 3 is 2.71 bits per heavy atom. The summed E-state index contributed by atoms with van der Waals surface area (Å²) in [5, 5.41) is 6.36. The van der Waals surface area contributed by atoms with Gasteiger partial charge in [-0.1, -0.05) is 24.3 Å². The molecule has 0 atom stereocenters. The molecule has 0 aliphatic heterocycles. The van der Waals surface area contributed by atoms with Crippen molar-refractivity contribution in [3.63, 3.8) is 0 Å². The van der Waals surface area contributed by atoms with Crippen molar-refractivity contribution in [1.29, 1.82) is 0 Å². The van der Waals surface area contributed by atoms with Crippen molar-refractivity contribution in [2.45, 2.75) is 6.92 Å². The third-order valence-electron chi connectivity index (χ3n) is 4.55. The number of amides is 2. The summed E-state index contributed by atoms with van der Waals surface area (Å²) in [6.07, 6.45) is 1.57. The number of rotatable bonds is 7. The second-order valence-corrected chi connectivity index (χ2v) is 6.86. The third kappa shape index (κ3) is 4.90. The van der Waals surface area contributed by atoms with E-state index in [4.69, 9.17) is 9.15 Å². The molecule has 7 heteroatoms. The Balaban J connectivity index is 1.44. The summed E-state index contributed by atoms with van der Waals surface area (Å²) in [5.41, 5.74) is 2.49. The molecule has 2 aromatic heterocycles. The van der Waals surface area contributed by atoms with Crippen LogP contribution in [0.15, 0.2) is 77.4 Å². The topological polar surface area (TPSA) is 93.5 Å². The van der Waals surface area contributed by atoms with Crippen LogP contribution in [0, 0.1) is 0 Å². The number of para-hydroxylation sites is 1. The molecule has 31 heavy (non-hydrogen) atoms. The predicted molar refractivity (Wildman–Crippen MR) is 118 cm³/mol. The molecule has 7 nitrogen and oxygen atoms in total. The van der Waals surface area contributed by atoms with Gasteiger partial charge in [-0.25, -0.2) is 4.98 Å². The largest absolute Gasteiger partial charge is 0.492 e. The van der Waals surface area contributed by atoms with Gasteiger partial charge in [-0.15, -0.1) is 0 Å². The molecule has 0 saturated heterocycles. The van der Waals surface area contributed by atoms with Gasteiger partial charge in [0.05, 0.1) is 23.9 Å². The molecule has 4 aromatic rings. The fourth-order valence-corrected chi connectivity index (χ4v) is 3.21. The van der Waals surface area contributed by atoms with Crippen molar-refractivity contribution in [2.24, 2.45) is 0 Å². The van der Waals surface area contributed by atoms with E-state index in [-0.39, 0.29) is 18.4 Å². The van der Waals surface area contributed by atoms with Crippen LogP contribution in [-0.4, -0.2) is 29.9 Å². The van der Waals surface area contributed by atoms with Crippen LogP contribution in [-0.2, 0) is 4.79 Å². The van der Waals surface area contributed by atoms with Gasteiger partial charge in [-0.3, -0.25) is 9.59 Å². The number of carbonyl (C=O) groups is 2. The van der Waals surface area contributed by atoms with Crippen LogP contribution < -0.4 is 15.4 Å². The average molecular weight is 415 g/mol. The van der Waals surface area contributed by atoms with E-state index in [9.17, 15) is 9.59 Å². The summed E-state index contributed by atoms with van der Waals surface area (Å²) in [6, 6.07) is 19.9. The van der Waals surface area contributed by atoms with E-state index in [0.29, 0.717) is 40.5 Å². The summed E-state index contributed by atoms with van der Waals surface area (Å²) >= 11 is 0. The lowest BCUT2D eigenvalue weighted by molar-refractivity contribution is -0.114. The van der Waals surface area contributed by atoms with Crippen molar-refractivity contribution in [1.82, 2.24) is 10.3 Å². The maximum absolute atomic E-state index is 12.9. The number of pyridine rings is 1. The minimum absolute atomic E-state index is 0.150. The minimum Gasteiger partial charge on any atom is -0.492 e. The van der Waals surface area contributed by atoms with Crippen LogP contribution in [0.4, 0.5) is 5.69 Å². The van der Waals surface area contributed by atoms with Crippen LogP contribution in [0.5, 0.6) is 5.75 Å². The molecule has 4 rings (SSSR count). The van der Waals surface area contributed by atoms with Gasteiger partial charge in [-0.05, 0) is 36.4 Å². The van der Waals surface area contributed by atoms with E-state index in [1.807, 2.05) is 30.3 Å². The van der Waals surface area contributed by atoms with E-state index in [2.05, 4.69) is 15.6 Å². The molecule has 156 valence electrons. The molecule has 0 aliphatic rings. The molecular formula is C24H21N3O4. The maximum atomic E-state index is 12.9. The molecule has 0 bridgehead atoms. The lowest BCUT2D eigenvalue weighted by atomic mass is 10.1. The lowest BCUT2D eigenvalue weighted by Crippen LogP contribution is -2.28. The smallest absolute Gasteiger partial charge is 0.252 e. The molecule has 0 saturated carbocycles. The van der Waals surface area contributed by atoms with Crippen molar-refractivity contribution < 1.29 is 18.7 Å². The van der Waals surface area contributed by atoms with Crippen LogP contribution in [0.1, 0.15) is 17.3 Å². The number of aromatic nitrogens is 1. The highest BCUT2D eigenvalue weighted by Crippen LogP contribution is 2.25. The summed E-state index contributed by atoms with van der Waals surface area (Å²) in [4.78, 5) is 28.7. The number of anilines is 1. The van der Waals surface area contributed by atoms with E-state index in [1.54, 1.807) is 42.7 Å². The van der Waals surface area contributed by atoms with Crippen LogP contribution >= 0.6 is 0 Å². The molecule has 2 N–H and O–H groups in total. The second kappa shape index (κ2) is 9.13. The Kier molecular flexibility index (Phi) is 5.93. The normalized spacial score (nSPS) is 10.6. The molecule has 0 aliphatic carbocycles. The van der Waals surface area contributed by atoms with Gasteiger partial charge < -0.3 is 19.8 Å². The number of carbonyl (C=O) groups excluding carboxylic acids is 2. The maximum Gasteiger partial charge on any atom is 0.252 e. The van der Waals surface area contributed by atoms with Crippen LogP contribution in [0.2, 0.25) is 0 Å². The van der Waals surface area contributed by atoms with Crippen molar-refractivity contribution in [3.05, 3.63) is 78.6 Å². The molecule has 2 heterocycles. The molecule has 0 unspecified atom stereocenters. The van der Waals surface area contributed by atoms with Gasteiger partial charge >= 0.3 is 0 Å². The first kappa shape index (κ1) is 20.2. The molecule has 0 spiro atoms. The SMILES string of the molecule is CC(=O)Nc1cccc(OCCNC(=O)c2cc(-c3ccco3)nc3ccccc23)c1. The van der Waals surface area contributed by atoms with Gasteiger partial charge in [0.15, 0.2) is 5.76 Å². The Morgan fingerprint density at radius 1 is 1.03 bits per heavy atom. The predicted octanol–water partition coefficient (Wildman–Crippen LogP) is 4.26. The first-order valence-electron chi connectivity index (χ1n) is 9.82. The third-order valence-corrected chi connectivity index (χ3v) is 4.55. The van der Waals surface area contributed by atoms with Gasteiger partial charge in [0.1, 0.15) is 18.1 Å². The fraction of sp³-hybridized carbons (Fsp3) is 0.125. The van der Waals surface area contributed by atoms with Gasteiger partial charge in [0.25, 0.3) is 5.91 Å². The molecule has 2 aromatic carbocycles. The minimum atomic E-state index is -0.220. The highest BCUT2D eigenvalue weighted by Gasteiger charge is 2.14. The molecule has 2 amide bonds. The van der Waals surface area contributed by atoms with Crippen LogP contribution in [0.25, 0.3) is 22.4 Å². The summed E-state index contributed by atoms with van der Waals surface area (Å²) in [7, 11) is 0. The number of hydrogen-bond donors (Lipinski definition) is 2. The molecule has 0 fully saturated rings. The van der Waals surface area contributed by atoms with E-state index < -0.39 is 0 Å². The van der Waals surface area contributed by atoms with E-state index in [0.717, 1.165) is 5.39 Å². The van der Waals surface area contributed by atoms with Gasteiger partial charge in [0, 0.05) is 24.1 Å². The number of fused-ring (bicyclic) bond motifs is 1. The fourth-order valence-electron chi connectivity index (χ4n) is 3.21. The highest BCUT2D eigenvalue weighted by atomic mass is 16.5. The lowest BCUT2D eigenvalue weighted by Gasteiger charge is -2.11. The van der Waals surface area contributed by atoms with Gasteiger partial charge in [-0.2, -0.15) is 0 Å². The number of ether oxygens (including phenoxy) is 1. The summed E-state index contributed by atoms with van der Waals surface area (Å²) in [5.74, 6) is 0.835. The number of benzene rings is 2. The zero-order valence-electron chi connectivity index (χ0n) is 16.9. The van der Waals surface area contributed by atoms with Crippen molar-refractivity contribution in [2.75, 3.05) is 18.5 Å². The quantitative estimate of drug-likeness (QED) is 0.440. The monoisotopic (exact) mass is 415 g/mol. The average Bonchev–Trinajstić information content (AvgIpc) is 3.31. The highest BCUT2D eigenvalue weighted by molar-refractivity contribution is 6.07. The Labute approximate surface area is 179 Å². The molecule has 0 radical (unpaired) electrons. The number of hydrogen-bond acceptors (Lipinski definition) is 5. The Bertz CT molecular complexity index is 1220. The first-order chi connectivity index (χ1) is 15.1. The van der Waals surface area contributed by atoms with E-state index in [1.165, 1.54) is 6.92 Å². The van der Waals surface area contributed by atoms with Crippen LogP contribution in [0.3, 0.4) is 0 Å². The zero-order valence-corrected chi connectivity index (χ0v) is 16.9. The Hall–Kier alpha value is -4.13. The number of nitrogens with one attached hydrogen (secondary N) is 2. The number of furan rings is 1. The van der Waals surface area contributed by atoms with Gasteiger partial charge in [0.2, 0.25) is 5.91 Å². The zero-order chi connectivity index (χ0) is 21.6. The standard InChI is InChI=1S/C24H21N3O4/c1-16(28)26-17-6-4-7-18(14-17)30-13-11-25-24(29)20-15-22(23-10-5-12-31-23)27-21-9-3-2-8-19(20)21/h2-10,12,14-15H,11,13H2,1H3,(H,25,29)(H,26,28). The summed E-state index contributed by atoms with van der Waals surface area (Å²) in [6.45, 7) is 2.04. The molecular weight excluding hydrogens is 394 g/mol.